The molecular weight excluding hydrogens is 296 g/mol. The molecule has 0 aliphatic carbocycles. The maximum atomic E-state index is 11.0. The Morgan fingerprint density at radius 1 is 1.20 bits per heavy atom. The topological polar surface area (TPSA) is 94.9 Å². The van der Waals surface area contributed by atoms with Gasteiger partial charge in [-0.15, -0.1) is 11.3 Å². The minimum absolute atomic E-state index is 0.0662. The summed E-state index contributed by atoms with van der Waals surface area (Å²) >= 11 is 2.62. The van der Waals surface area contributed by atoms with Crippen LogP contribution in [0.15, 0.2) is 45.8 Å². The first-order chi connectivity index (χ1) is 9.63. The number of nitrogens with two attached hydrogens (primary N) is 1. The summed E-state index contributed by atoms with van der Waals surface area (Å²) in [4.78, 5) is 19.0. The van der Waals surface area contributed by atoms with E-state index in [2.05, 4.69) is 9.97 Å². The van der Waals surface area contributed by atoms with E-state index in [9.17, 15) is 10.1 Å². The normalized spacial score (nSPS) is 10.8. The fourth-order valence-electron chi connectivity index (χ4n) is 1.64. The van der Waals surface area contributed by atoms with Gasteiger partial charge in [0.05, 0.1) is 15.1 Å². The molecule has 0 radical (unpaired) electrons. The summed E-state index contributed by atoms with van der Waals surface area (Å²) in [5.74, 6) is 0.249. The van der Waals surface area contributed by atoms with Gasteiger partial charge in [0.2, 0.25) is 0 Å². The third-order valence-electron chi connectivity index (χ3n) is 2.52. The lowest BCUT2D eigenvalue weighted by Crippen LogP contribution is -1.97. The van der Waals surface area contributed by atoms with Gasteiger partial charge in [-0.3, -0.25) is 10.1 Å². The Balaban J connectivity index is 2.01. The molecule has 2 aromatic heterocycles. The van der Waals surface area contributed by atoms with E-state index in [0.717, 1.165) is 22.0 Å². The molecule has 0 aliphatic rings. The van der Waals surface area contributed by atoms with Crippen LogP contribution >= 0.6 is 23.1 Å². The number of thiazole rings is 1. The summed E-state index contributed by atoms with van der Waals surface area (Å²) in [6, 6.07) is 10.5. The first kappa shape index (κ1) is 12.8. The zero-order valence-electron chi connectivity index (χ0n) is 10.0. The zero-order chi connectivity index (χ0) is 14.1. The van der Waals surface area contributed by atoms with Crippen LogP contribution in [0, 0.1) is 10.1 Å². The lowest BCUT2D eigenvalue weighted by Gasteiger charge is -2.00. The lowest BCUT2D eigenvalue weighted by molar-refractivity contribution is -0.388. The van der Waals surface area contributed by atoms with E-state index >= 15 is 0 Å². The largest absolute Gasteiger partial charge is 0.384 e. The van der Waals surface area contributed by atoms with Crippen molar-refractivity contribution in [1.29, 1.82) is 0 Å². The molecule has 0 unspecified atom stereocenters. The van der Waals surface area contributed by atoms with E-state index in [4.69, 9.17) is 5.73 Å². The molecule has 3 aromatic rings. The predicted molar refractivity (Wildman–Crippen MR) is 79.0 cm³/mol. The molecule has 0 saturated carbocycles. The molecule has 0 bridgehead atoms. The van der Waals surface area contributed by atoms with Gasteiger partial charge in [0.25, 0.3) is 0 Å². The molecule has 0 atom stereocenters. The molecule has 0 spiro atoms. The van der Waals surface area contributed by atoms with E-state index in [1.165, 1.54) is 23.5 Å². The van der Waals surface area contributed by atoms with Crippen molar-refractivity contribution in [3.05, 3.63) is 46.5 Å². The molecule has 0 aliphatic heterocycles. The highest BCUT2D eigenvalue weighted by Gasteiger charge is 2.18. The molecule has 100 valence electrons. The van der Waals surface area contributed by atoms with E-state index in [1.54, 1.807) is 0 Å². The molecular formula is C12H8N4O2S2. The minimum Gasteiger partial charge on any atom is -0.384 e. The van der Waals surface area contributed by atoms with E-state index < -0.39 is 4.92 Å². The van der Waals surface area contributed by atoms with Gasteiger partial charge in [-0.1, -0.05) is 12.1 Å². The second-order valence-corrected chi connectivity index (χ2v) is 6.13. The third-order valence-corrected chi connectivity index (χ3v) is 4.61. The molecule has 2 N–H and O–H groups in total. The van der Waals surface area contributed by atoms with Crippen LogP contribution in [0.25, 0.3) is 10.2 Å². The number of aromatic nitrogens is 2. The number of nitro groups is 1. The number of nitrogens with zero attached hydrogens (tertiary/aromatic N) is 3. The van der Waals surface area contributed by atoms with Crippen LogP contribution in [-0.2, 0) is 0 Å². The van der Waals surface area contributed by atoms with Gasteiger partial charge >= 0.3 is 5.69 Å². The lowest BCUT2D eigenvalue weighted by atomic mass is 10.3. The molecule has 0 saturated heterocycles. The fourth-order valence-corrected chi connectivity index (χ4v) is 3.72. The van der Waals surface area contributed by atoms with E-state index in [0.29, 0.717) is 4.34 Å². The quantitative estimate of drug-likeness (QED) is 0.589. The van der Waals surface area contributed by atoms with Gasteiger partial charge in [-0.25, -0.2) is 9.97 Å². The number of pyridine rings is 1. The minimum atomic E-state index is -0.470. The van der Waals surface area contributed by atoms with Crippen molar-refractivity contribution in [3.63, 3.8) is 0 Å². The van der Waals surface area contributed by atoms with Crippen molar-refractivity contribution < 1.29 is 4.92 Å². The van der Waals surface area contributed by atoms with Crippen LogP contribution in [0.3, 0.4) is 0 Å². The summed E-state index contributed by atoms with van der Waals surface area (Å²) in [6.07, 6.45) is 0. The van der Waals surface area contributed by atoms with Crippen molar-refractivity contribution in [2.45, 2.75) is 9.37 Å². The number of fused-ring (bicyclic) bond motifs is 1. The number of hydrogen-bond donors (Lipinski definition) is 1. The number of nitrogen functional groups attached to an aromatic ring is 1. The van der Waals surface area contributed by atoms with Crippen LogP contribution in [0.1, 0.15) is 0 Å². The van der Waals surface area contributed by atoms with Gasteiger partial charge in [0, 0.05) is 6.07 Å². The predicted octanol–water partition coefficient (Wildman–Crippen LogP) is 3.33. The van der Waals surface area contributed by atoms with Crippen LogP contribution in [0.2, 0.25) is 0 Å². The van der Waals surface area contributed by atoms with Crippen LogP contribution in [0.5, 0.6) is 0 Å². The molecule has 0 amide bonds. The highest BCUT2D eigenvalue weighted by atomic mass is 32.2. The van der Waals surface area contributed by atoms with Crippen molar-refractivity contribution in [2.75, 3.05) is 5.73 Å². The summed E-state index contributed by atoms with van der Waals surface area (Å²) in [6.45, 7) is 0. The summed E-state index contributed by atoms with van der Waals surface area (Å²) in [5, 5.41) is 11.2. The number of anilines is 1. The standard InChI is InChI=1S/C12H8N4O2S2/c13-10-6-5-8(16(17)18)11(15-10)20-12-14-7-3-1-2-4-9(7)19-12/h1-6H,(H2,13,15). The average molecular weight is 304 g/mol. The molecule has 0 fully saturated rings. The number of hydrogen-bond acceptors (Lipinski definition) is 7. The SMILES string of the molecule is Nc1ccc([N+](=O)[O-])c(Sc2nc3ccccc3s2)n1. The smallest absolute Gasteiger partial charge is 0.301 e. The fraction of sp³-hybridized carbons (Fsp3) is 0. The van der Waals surface area contributed by atoms with Gasteiger partial charge < -0.3 is 5.73 Å². The zero-order valence-corrected chi connectivity index (χ0v) is 11.6. The molecule has 1 aromatic carbocycles. The molecule has 8 heteroatoms. The maximum absolute atomic E-state index is 11.0. The Bertz CT molecular complexity index is 770. The van der Waals surface area contributed by atoms with Gasteiger partial charge in [0.15, 0.2) is 9.37 Å². The summed E-state index contributed by atoms with van der Waals surface area (Å²) in [7, 11) is 0. The Morgan fingerprint density at radius 2 is 2.00 bits per heavy atom. The Labute approximate surface area is 121 Å². The van der Waals surface area contributed by atoms with E-state index in [-0.39, 0.29) is 16.5 Å². The molecule has 3 rings (SSSR count). The maximum Gasteiger partial charge on any atom is 0.301 e. The average Bonchev–Trinajstić information content (AvgIpc) is 2.80. The monoisotopic (exact) mass is 304 g/mol. The summed E-state index contributed by atoms with van der Waals surface area (Å²) in [5.41, 5.74) is 6.39. The van der Waals surface area contributed by atoms with Crippen LogP contribution < -0.4 is 5.73 Å². The first-order valence-electron chi connectivity index (χ1n) is 5.58. The highest BCUT2D eigenvalue weighted by Crippen LogP contribution is 2.37. The Morgan fingerprint density at radius 3 is 2.75 bits per heavy atom. The number of rotatable bonds is 3. The Kier molecular flexibility index (Phi) is 3.25. The molecule has 6 nitrogen and oxygen atoms in total. The number of para-hydroxylation sites is 1. The highest BCUT2D eigenvalue weighted by molar-refractivity contribution is 8.01. The van der Waals surface area contributed by atoms with Gasteiger partial charge in [-0.2, -0.15) is 0 Å². The van der Waals surface area contributed by atoms with Crippen molar-refractivity contribution in [3.8, 4) is 0 Å². The van der Waals surface area contributed by atoms with Gasteiger partial charge in [0.1, 0.15) is 5.82 Å². The molecule has 20 heavy (non-hydrogen) atoms. The van der Waals surface area contributed by atoms with Crippen LogP contribution in [-0.4, -0.2) is 14.9 Å². The number of benzene rings is 1. The second kappa shape index (κ2) is 5.06. The Hall–Kier alpha value is -2.19. The van der Waals surface area contributed by atoms with Gasteiger partial charge in [-0.05, 0) is 30.0 Å². The first-order valence-corrected chi connectivity index (χ1v) is 7.21. The van der Waals surface area contributed by atoms with Crippen molar-refractivity contribution in [1.82, 2.24) is 9.97 Å². The third kappa shape index (κ3) is 2.43. The van der Waals surface area contributed by atoms with E-state index in [1.807, 2.05) is 24.3 Å². The van der Waals surface area contributed by atoms with Crippen molar-refractivity contribution in [2.24, 2.45) is 0 Å². The van der Waals surface area contributed by atoms with Crippen molar-refractivity contribution >= 4 is 44.8 Å². The summed E-state index contributed by atoms with van der Waals surface area (Å²) < 4.78 is 1.73. The van der Waals surface area contributed by atoms with Crippen LogP contribution in [0.4, 0.5) is 11.5 Å². The molecule has 2 heterocycles. The second-order valence-electron chi connectivity index (χ2n) is 3.87.